The fraction of sp³-hybridized carbons (Fsp3) is 0.263. The molecule has 0 aliphatic rings. The highest BCUT2D eigenvalue weighted by Crippen LogP contribution is 2.29. The topological polar surface area (TPSA) is 51.2 Å². The number of anilines is 1. The number of fused-ring (bicyclic) bond motifs is 1. The summed E-state index contributed by atoms with van der Waals surface area (Å²) in [6, 6.07) is 9.91. The van der Waals surface area contributed by atoms with Crippen LogP contribution in [0.1, 0.15) is 22.3 Å². The highest BCUT2D eigenvalue weighted by atomic mass is 32.1. The number of nitrogens with one attached hydrogen (secondary N) is 1. The molecule has 2 aromatic carbocycles. The molecule has 0 aliphatic carbocycles. The normalized spacial score (nSPS) is 10.8. The molecular formula is C19H20N2O2S. The lowest BCUT2D eigenvalue weighted by Crippen LogP contribution is -2.15. The van der Waals surface area contributed by atoms with E-state index in [1.54, 1.807) is 7.11 Å². The van der Waals surface area contributed by atoms with Crippen LogP contribution in [-0.4, -0.2) is 18.0 Å². The van der Waals surface area contributed by atoms with E-state index in [0.717, 1.165) is 32.7 Å². The van der Waals surface area contributed by atoms with Crippen molar-refractivity contribution in [1.29, 1.82) is 0 Å². The largest absolute Gasteiger partial charge is 0.497 e. The molecule has 1 aromatic heterocycles. The zero-order valence-electron chi connectivity index (χ0n) is 14.3. The Morgan fingerprint density at radius 3 is 2.54 bits per heavy atom. The maximum Gasteiger partial charge on any atom is 0.230 e. The van der Waals surface area contributed by atoms with Gasteiger partial charge < -0.3 is 10.1 Å². The number of benzene rings is 2. The van der Waals surface area contributed by atoms with Gasteiger partial charge in [0.05, 0.1) is 23.7 Å². The summed E-state index contributed by atoms with van der Waals surface area (Å²) in [5.41, 5.74) is 5.46. The fourth-order valence-corrected chi connectivity index (χ4v) is 3.81. The Labute approximate surface area is 145 Å². The first-order valence-corrected chi connectivity index (χ1v) is 8.59. The fourth-order valence-electron chi connectivity index (χ4n) is 2.90. The first kappa shape index (κ1) is 16.5. The molecule has 24 heavy (non-hydrogen) atoms. The molecule has 3 rings (SSSR count). The first-order valence-electron chi connectivity index (χ1n) is 7.77. The molecule has 1 heterocycles. The molecule has 0 aliphatic heterocycles. The van der Waals surface area contributed by atoms with Gasteiger partial charge in [0.2, 0.25) is 5.91 Å². The first-order chi connectivity index (χ1) is 11.5. The number of aromatic nitrogens is 1. The lowest BCUT2D eigenvalue weighted by Gasteiger charge is -2.10. The number of carbonyl (C=O) groups excluding carboxylic acids is 1. The van der Waals surface area contributed by atoms with Gasteiger partial charge in [-0.1, -0.05) is 29.0 Å². The lowest BCUT2D eigenvalue weighted by atomic mass is 9.97. The van der Waals surface area contributed by atoms with Gasteiger partial charge in [-0.3, -0.25) is 4.79 Å². The van der Waals surface area contributed by atoms with E-state index in [0.29, 0.717) is 11.6 Å². The predicted molar refractivity (Wildman–Crippen MR) is 99.2 cm³/mol. The molecular weight excluding hydrogens is 320 g/mol. The number of ether oxygens (including phenoxy) is 1. The van der Waals surface area contributed by atoms with Crippen molar-refractivity contribution in [1.82, 2.24) is 4.98 Å². The Balaban J connectivity index is 1.78. The van der Waals surface area contributed by atoms with Crippen LogP contribution in [0.25, 0.3) is 10.2 Å². The predicted octanol–water partition coefficient (Wildman–Crippen LogP) is 4.41. The Morgan fingerprint density at radius 2 is 1.88 bits per heavy atom. The standard InChI is InChI=1S/C19H20N2O2S/c1-11-7-12(2)15(13(3)8-11)10-18(22)21-19-20-16-6-5-14(23-4)9-17(16)24-19/h5-9H,10H2,1-4H3,(H,20,21,22). The summed E-state index contributed by atoms with van der Waals surface area (Å²) in [6.45, 7) is 6.17. The third-order valence-electron chi connectivity index (χ3n) is 4.02. The van der Waals surface area contributed by atoms with Gasteiger partial charge in [-0.05, 0) is 55.7 Å². The molecule has 0 bridgehead atoms. The Hall–Kier alpha value is -2.40. The number of nitrogens with zero attached hydrogens (tertiary/aromatic N) is 1. The molecule has 1 amide bonds. The molecule has 0 saturated carbocycles. The summed E-state index contributed by atoms with van der Waals surface area (Å²) in [4.78, 5) is 16.9. The van der Waals surface area contributed by atoms with Crippen LogP contribution in [0.5, 0.6) is 5.75 Å². The monoisotopic (exact) mass is 340 g/mol. The van der Waals surface area contributed by atoms with Gasteiger partial charge in [0.1, 0.15) is 5.75 Å². The zero-order valence-corrected chi connectivity index (χ0v) is 15.1. The van der Waals surface area contributed by atoms with Gasteiger partial charge >= 0.3 is 0 Å². The van der Waals surface area contributed by atoms with Crippen molar-refractivity contribution in [2.45, 2.75) is 27.2 Å². The average Bonchev–Trinajstić information content (AvgIpc) is 2.91. The minimum absolute atomic E-state index is 0.0453. The van der Waals surface area contributed by atoms with Crippen molar-refractivity contribution < 1.29 is 9.53 Å². The molecule has 0 fully saturated rings. The van der Waals surface area contributed by atoms with Crippen LogP contribution in [0.15, 0.2) is 30.3 Å². The van der Waals surface area contributed by atoms with Crippen LogP contribution in [0, 0.1) is 20.8 Å². The van der Waals surface area contributed by atoms with E-state index in [1.807, 2.05) is 32.0 Å². The minimum atomic E-state index is -0.0453. The van der Waals surface area contributed by atoms with Crippen molar-refractivity contribution in [2.24, 2.45) is 0 Å². The summed E-state index contributed by atoms with van der Waals surface area (Å²) in [5, 5.41) is 3.53. The van der Waals surface area contributed by atoms with Crippen molar-refractivity contribution in [3.8, 4) is 5.75 Å². The number of hydrogen-bond acceptors (Lipinski definition) is 4. The Kier molecular flexibility index (Phi) is 4.53. The molecule has 0 atom stereocenters. The number of carbonyl (C=O) groups is 1. The van der Waals surface area contributed by atoms with Gasteiger partial charge in [0.15, 0.2) is 5.13 Å². The zero-order chi connectivity index (χ0) is 17.3. The average molecular weight is 340 g/mol. The lowest BCUT2D eigenvalue weighted by molar-refractivity contribution is -0.115. The maximum atomic E-state index is 12.4. The second-order valence-electron chi connectivity index (χ2n) is 5.95. The summed E-state index contributed by atoms with van der Waals surface area (Å²) in [7, 11) is 1.64. The van der Waals surface area contributed by atoms with Crippen molar-refractivity contribution in [2.75, 3.05) is 12.4 Å². The molecule has 0 saturated heterocycles. The van der Waals surface area contributed by atoms with E-state index >= 15 is 0 Å². The Morgan fingerprint density at radius 1 is 1.17 bits per heavy atom. The SMILES string of the molecule is COc1ccc2nc(NC(=O)Cc3c(C)cc(C)cc3C)sc2c1. The summed E-state index contributed by atoms with van der Waals surface area (Å²) >= 11 is 1.45. The van der Waals surface area contributed by atoms with E-state index in [9.17, 15) is 4.79 Å². The van der Waals surface area contributed by atoms with Crippen LogP contribution >= 0.6 is 11.3 Å². The third kappa shape index (κ3) is 3.41. The molecule has 3 aromatic rings. The number of amides is 1. The molecule has 1 N–H and O–H groups in total. The number of hydrogen-bond donors (Lipinski definition) is 1. The second kappa shape index (κ2) is 6.61. The van der Waals surface area contributed by atoms with Crippen LogP contribution in [0.4, 0.5) is 5.13 Å². The Bertz CT molecular complexity index is 892. The second-order valence-corrected chi connectivity index (χ2v) is 6.99. The highest BCUT2D eigenvalue weighted by molar-refractivity contribution is 7.22. The third-order valence-corrected chi connectivity index (χ3v) is 4.95. The van der Waals surface area contributed by atoms with Crippen LogP contribution in [0.3, 0.4) is 0 Å². The van der Waals surface area contributed by atoms with Crippen LogP contribution in [-0.2, 0) is 11.2 Å². The van der Waals surface area contributed by atoms with Crippen LogP contribution < -0.4 is 10.1 Å². The van der Waals surface area contributed by atoms with E-state index in [-0.39, 0.29) is 5.91 Å². The van der Waals surface area contributed by atoms with Crippen molar-refractivity contribution >= 4 is 32.6 Å². The van der Waals surface area contributed by atoms with E-state index in [4.69, 9.17) is 4.74 Å². The summed E-state index contributed by atoms with van der Waals surface area (Å²) in [6.07, 6.45) is 0.358. The maximum absolute atomic E-state index is 12.4. The summed E-state index contributed by atoms with van der Waals surface area (Å²) in [5.74, 6) is 0.742. The quantitative estimate of drug-likeness (QED) is 0.765. The van der Waals surface area contributed by atoms with Gasteiger partial charge in [-0.25, -0.2) is 4.98 Å². The minimum Gasteiger partial charge on any atom is -0.497 e. The summed E-state index contributed by atoms with van der Waals surface area (Å²) < 4.78 is 6.21. The molecule has 0 radical (unpaired) electrons. The van der Waals surface area contributed by atoms with Crippen LogP contribution in [0.2, 0.25) is 0 Å². The number of thiazole rings is 1. The molecule has 4 nitrogen and oxygen atoms in total. The van der Waals surface area contributed by atoms with Gasteiger partial charge in [-0.2, -0.15) is 0 Å². The highest BCUT2D eigenvalue weighted by Gasteiger charge is 2.12. The van der Waals surface area contributed by atoms with Crippen molar-refractivity contribution in [3.05, 3.63) is 52.6 Å². The van der Waals surface area contributed by atoms with E-state index in [2.05, 4.69) is 29.4 Å². The van der Waals surface area contributed by atoms with Crippen molar-refractivity contribution in [3.63, 3.8) is 0 Å². The van der Waals surface area contributed by atoms with Gasteiger partial charge in [0.25, 0.3) is 0 Å². The molecule has 5 heteroatoms. The molecule has 124 valence electrons. The van der Waals surface area contributed by atoms with Gasteiger partial charge in [0, 0.05) is 0 Å². The van der Waals surface area contributed by atoms with Gasteiger partial charge in [-0.15, -0.1) is 0 Å². The molecule has 0 spiro atoms. The number of rotatable bonds is 4. The number of methoxy groups -OCH3 is 1. The smallest absolute Gasteiger partial charge is 0.230 e. The molecule has 0 unspecified atom stereocenters. The van der Waals surface area contributed by atoms with E-state index in [1.165, 1.54) is 16.9 Å². The van der Waals surface area contributed by atoms with E-state index < -0.39 is 0 Å². The number of aryl methyl sites for hydroxylation is 3.